The molecule has 4 aromatic carbocycles. The highest BCUT2D eigenvalue weighted by molar-refractivity contribution is 5.72. The summed E-state index contributed by atoms with van der Waals surface area (Å²) in [6, 6.07) is 17.9. The Morgan fingerprint density at radius 2 is 1.06 bits per heavy atom. The molecule has 1 heterocycles. The van der Waals surface area contributed by atoms with Gasteiger partial charge in [0.2, 0.25) is 0 Å². The largest absolute Gasteiger partial charge is 0.508 e. The van der Waals surface area contributed by atoms with Gasteiger partial charge in [0.05, 0.1) is 0 Å². The van der Waals surface area contributed by atoms with Crippen LogP contribution in [-0.4, -0.2) is 30.6 Å². The molecule has 0 amide bonds. The molecule has 1 aliphatic rings. The molecule has 0 saturated carbocycles. The van der Waals surface area contributed by atoms with Crippen molar-refractivity contribution in [1.82, 2.24) is 0 Å². The van der Waals surface area contributed by atoms with Gasteiger partial charge in [-0.3, -0.25) is 0 Å². The first-order valence-corrected chi connectivity index (χ1v) is 11.0. The molecule has 0 fully saturated rings. The lowest BCUT2D eigenvalue weighted by Crippen LogP contribution is -2.26. The van der Waals surface area contributed by atoms with Gasteiger partial charge in [-0.2, -0.15) is 0 Å². The number of aromatic hydroxyl groups is 6. The lowest BCUT2D eigenvalue weighted by Gasteiger charge is -2.35. The molecule has 36 heavy (non-hydrogen) atoms. The van der Waals surface area contributed by atoms with Crippen LogP contribution in [0.2, 0.25) is 0 Å². The fourth-order valence-corrected chi connectivity index (χ4v) is 4.11. The first-order valence-electron chi connectivity index (χ1n) is 11.0. The Hall–Kier alpha value is -4.98. The van der Waals surface area contributed by atoms with Crippen molar-refractivity contribution >= 4 is 12.2 Å². The maximum absolute atomic E-state index is 10.0. The quantitative estimate of drug-likeness (QED) is 0.168. The summed E-state index contributed by atoms with van der Waals surface area (Å²) >= 11 is 0. The Labute approximate surface area is 205 Å². The number of hydrogen-bond acceptors (Lipinski definition) is 8. The Morgan fingerprint density at radius 1 is 0.472 bits per heavy atom. The maximum atomic E-state index is 10.0. The van der Waals surface area contributed by atoms with Crippen LogP contribution in [0.25, 0.3) is 12.2 Å². The molecule has 8 heteroatoms. The highest BCUT2D eigenvalue weighted by Crippen LogP contribution is 2.48. The molecule has 2 atom stereocenters. The molecule has 0 saturated heterocycles. The summed E-state index contributed by atoms with van der Waals surface area (Å²) in [5.74, 6) is -0.184. The molecule has 0 radical (unpaired) electrons. The zero-order chi connectivity index (χ0) is 25.4. The summed E-state index contributed by atoms with van der Waals surface area (Å²) in [4.78, 5) is 0. The van der Waals surface area contributed by atoms with E-state index in [1.165, 1.54) is 48.5 Å². The zero-order valence-electron chi connectivity index (χ0n) is 18.7. The molecule has 0 spiro atoms. The number of benzene rings is 4. The van der Waals surface area contributed by atoms with E-state index in [4.69, 9.17) is 9.47 Å². The van der Waals surface area contributed by atoms with Gasteiger partial charge in [-0.25, -0.2) is 0 Å². The molecule has 8 nitrogen and oxygen atoms in total. The van der Waals surface area contributed by atoms with Crippen molar-refractivity contribution in [3.8, 4) is 46.0 Å². The first-order chi connectivity index (χ1) is 17.2. The average molecular weight is 486 g/mol. The minimum Gasteiger partial charge on any atom is -0.508 e. The maximum Gasteiger partial charge on any atom is 0.165 e. The monoisotopic (exact) mass is 486 g/mol. The number of phenolic OH excluding ortho intramolecular Hbond substituents is 6. The predicted molar refractivity (Wildman–Crippen MR) is 131 cm³/mol. The van der Waals surface area contributed by atoms with Gasteiger partial charge in [-0.1, -0.05) is 24.3 Å². The van der Waals surface area contributed by atoms with Crippen LogP contribution < -0.4 is 9.47 Å². The number of ether oxygens (including phenoxy) is 2. The topological polar surface area (TPSA) is 140 Å². The van der Waals surface area contributed by atoms with Crippen molar-refractivity contribution in [3.05, 3.63) is 95.1 Å². The van der Waals surface area contributed by atoms with E-state index >= 15 is 0 Å². The number of fused-ring (bicyclic) bond motifs is 1. The molecule has 0 aliphatic carbocycles. The molecule has 182 valence electrons. The third-order valence-electron chi connectivity index (χ3n) is 5.73. The van der Waals surface area contributed by atoms with E-state index in [2.05, 4.69) is 0 Å². The third-order valence-corrected chi connectivity index (χ3v) is 5.73. The van der Waals surface area contributed by atoms with Gasteiger partial charge in [0, 0.05) is 23.3 Å². The lowest BCUT2D eigenvalue weighted by molar-refractivity contribution is 0.0180. The smallest absolute Gasteiger partial charge is 0.165 e. The molecule has 0 unspecified atom stereocenters. The highest BCUT2D eigenvalue weighted by Gasteiger charge is 2.35. The summed E-state index contributed by atoms with van der Waals surface area (Å²) in [5, 5.41) is 59.2. The summed E-state index contributed by atoms with van der Waals surface area (Å²) in [5.41, 5.74) is 2.30. The van der Waals surface area contributed by atoms with Gasteiger partial charge in [0.25, 0.3) is 0 Å². The van der Waals surface area contributed by atoms with E-state index in [1.807, 2.05) is 0 Å². The van der Waals surface area contributed by atoms with Crippen LogP contribution in [0.5, 0.6) is 46.0 Å². The van der Waals surface area contributed by atoms with E-state index in [0.717, 1.165) is 5.56 Å². The van der Waals surface area contributed by atoms with Crippen LogP contribution in [0.1, 0.15) is 34.5 Å². The zero-order valence-corrected chi connectivity index (χ0v) is 18.7. The molecular formula is C28H22O8. The van der Waals surface area contributed by atoms with Crippen molar-refractivity contribution in [2.45, 2.75) is 12.2 Å². The molecule has 0 aromatic heterocycles. The second kappa shape index (κ2) is 8.99. The van der Waals surface area contributed by atoms with E-state index in [1.54, 1.807) is 36.4 Å². The van der Waals surface area contributed by atoms with E-state index in [9.17, 15) is 30.6 Å². The van der Waals surface area contributed by atoms with E-state index in [0.29, 0.717) is 28.2 Å². The van der Waals surface area contributed by atoms with Gasteiger partial charge in [-0.05, 0) is 59.7 Å². The fraction of sp³-hybridized carbons (Fsp3) is 0.0714. The lowest BCUT2D eigenvalue weighted by atomic mass is 9.95. The second-order valence-corrected chi connectivity index (χ2v) is 8.43. The van der Waals surface area contributed by atoms with Crippen LogP contribution in [0.15, 0.2) is 72.8 Å². The van der Waals surface area contributed by atoms with Gasteiger partial charge in [-0.15, -0.1) is 0 Å². The van der Waals surface area contributed by atoms with Crippen molar-refractivity contribution in [2.24, 2.45) is 0 Å². The molecule has 5 rings (SSSR count). The van der Waals surface area contributed by atoms with Crippen molar-refractivity contribution in [3.63, 3.8) is 0 Å². The summed E-state index contributed by atoms with van der Waals surface area (Å²) in [6.07, 6.45) is 1.90. The van der Waals surface area contributed by atoms with Crippen LogP contribution in [0, 0.1) is 0 Å². The molecular weight excluding hydrogens is 464 g/mol. The van der Waals surface area contributed by atoms with Crippen LogP contribution >= 0.6 is 0 Å². The fourth-order valence-electron chi connectivity index (χ4n) is 4.11. The van der Waals surface area contributed by atoms with Crippen molar-refractivity contribution in [2.75, 3.05) is 0 Å². The Bertz CT molecular complexity index is 1440. The summed E-state index contributed by atoms with van der Waals surface area (Å²) in [7, 11) is 0. The van der Waals surface area contributed by atoms with Gasteiger partial charge in [0.1, 0.15) is 23.0 Å². The van der Waals surface area contributed by atoms with Crippen molar-refractivity contribution < 1.29 is 40.1 Å². The number of hydrogen-bond donors (Lipinski definition) is 6. The number of rotatable bonds is 4. The third kappa shape index (κ3) is 4.65. The second-order valence-electron chi connectivity index (χ2n) is 8.43. The minimum absolute atomic E-state index is 0.0552. The van der Waals surface area contributed by atoms with Crippen LogP contribution in [0.3, 0.4) is 0 Å². The van der Waals surface area contributed by atoms with Gasteiger partial charge in [0.15, 0.2) is 35.2 Å². The molecule has 6 N–H and O–H groups in total. The predicted octanol–water partition coefficient (Wildman–Crippen LogP) is 5.34. The van der Waals surface area contributed by atoms with Gasteiger partial charge >= 0.3 is 0 Å². The normalized spacial score (nSPS) is 16.8. The Balaban J connectivity index is 1.52. The summed E-state index contributed by atoms with van der Waals surface area (Å²) in [6.45, 7) is 0. The molecule has 0 bridgehead atoms. The van der Waals surface area contributed by atoms with E-state index < -0.39 is 12.2 Å². The Kier molecular flexibility index (Phi) is 5.69. The van der Waals surface area contributed by atoms with E-state index in [-0.39, 0.29) is 34.5 Å². The van der Waals surface area contributed by atoms with Gasteiger partial charge < -0.3 is 40.1 Å². The SMILES string of the molecule is Oc1cc(O)cc(/C=C/c2ccc3c(c2)O[C@@H](c2cc(O)cc(O)c2)[C@H](c2ccc(O)c(O)c2)O3)c1. The summed E-state index contributed by atoms with van der Waals surface area (Å²) < 4.78 is 12.5. The van der Waals surface area contributed by atoms with Crippen LogP contribution in [-0.2, 0) is 0 Å². The standard InChI is InChI=1S/C28H22O8/c29-19-7-16(8-20(30)13-19)2-1-15-3-6-25-26(9-15)36-28(18-10-21(31)14-22(32)11-18)27(35-25)17-4-5-23(33)24(34)12-17/h1-14,27-34H/b2-1+/t27-,28-/m0/s1. The Morgan fingerprint density at radius 3 is 1.72 bits per heavy atom. The number of phenols is 6. The average Bonchev–Trinajstić information content (AvgIpc) is 2.82. The molecule has 4 aromatic rings. The molecule has 1 aliphatic heterocycles. The highest BCUT2D eigenvalue weighted by atomic mass is 16.6. The minimum atomic E-state index is -0.818. The van der Waals surface area contributed by atoms with Crippen molar-refractivity contribution in [1.29, 1.82) is 0 Å². The first kappa shape index (κ1) is 22.8. The van der Waals surface area contributed by atoms with Crippen LogP contribution in [0.4, 0.5) is 0 Å².